The highest BCUT2D eigenvalue weighted by atomic mass is 16.3. The minimum absolute atomic E-state index is 0.0520. The van der Waals surface area contributed by atoms with Crippen molar-refractivity contribution in [1.29, 1.82) is 0 Å². The monoisotopic (exact) mass is 274 g/mol. The number of furan rings is 1. The fourth-order valence-electron chi connectivity index (χ4n) is 2.45. The summed E-state index contributed by atoms with van der Waals surface area (Å²) in [4.78, 5) is 26.1. The molecule has 3 rings (SSSR count). The lowest BCUT2D eigenvalue weighted by Gasteiger charge is -2.14. The summed E-state index contributed by atoms with van der Waals surface area (Å²) >= 11 is 0. The quantitative estimate of drug-likeness (QED) is 0.814. The van der Waals surface area contributed by atoms with Crippen LogP contribution < -0.4 is 11.2 Å². The van der Waals surface area contributed by atoms with Gasteiger partial charge in [0.15, 0.2) is 0 Å². The number of H-pyrrole nitrogens is 1. The summed E-state index contributed by atoms with van der Waals surface area (Å²) in [7, 11) is 0. The van der Waals surface area contributed by atoms with Crippen molar-refractivity contribution in [2.75, 3.05) is 6.61 Å². The van der Waals surface area contributed by atoms with Crippen LogP contribution in [0.15, 0.2) is 50.9 Å². The molecule has 0 spiro atoms. The van der Waals surface area contributed by atoms with E-state index in [4.69, 9.17) is 9.52 Å². The Morgan fingerprint density at radius 3 is 2.90 bits per heavy atom. The molecule has 104 valence electrons. The van der Waals surface area contributed by atoms with Gasteiger partial charge in [0.1, 0.15) is 0 Å². The summed E-state index contributed by atoms with van der Waals surface area (Å²) in [5.74, 6) is 0.0520. The Morgan fingerprint density at radius 1 is 1.40 bits per heavy atom. The van der Waals surface area contributed by atoms with E-state index in [1.165, 1.54) is 17.1 Å². The zero-order chi connectivity index (χ0) is 14.1. The van der Waals surface area contributed by atoms with Crippen molar-refractivity contribution in [3.8, 4) is 11.1 Å². The Kier molecular flexibility index (Phi) is 3.15. The fraction of sp³-hybridized carbons (Fsp3) is 0.286. The number of rotatable bonds is 3. The van der Waals surface area contributed by atoms with Crippen LogP contribution in [0.5, 0.6) is 0 Å². The van der Waals surface area contributed by atoms with Gasteiger partial charge in [-0.1, -0.05) is 12.2 Å². The van der Waals surface area contributed by atoms with Gasteiger partial charge >= 0.3 is 5.69 Å². The van der Waals surface area contributed by atoms with E-state index in [2.05, 4.69) is 4.98 Å². The highest BCUT2D eigenvalue weighted by molar-refractivity contribution is 5.59. The largest absolute Gasteiger partial charge is 0.472 e. The Hall–Kier alpha value is -2.34. The van der Waals surface area contributed by atoms with Crippen molar-refractivity contribution in [3.05, 3.63) is 57.8 Å². The maximum absolute atomic E-state index is 11.9. The predicted molar refractivity (Wildman–Crippen MR) is 72.4 cm³/mol. The molecule has 6 nitrogen and oxygen atoms in total. The zero-order valence-electron chi connectivity index (χ0n) is 10.7. The number of nitrogens with one attached hydrogen (secondary N) is 1. The lowest BCUT2D eigenvalue weighted by molar-refractivity contribution is 0.243. The molecule has 0 saturated carbocycles. The average Bonchev–Trinajstić information content (AvgIpc) is 3.09. The van der Waals surface area contributed by atoms with Crippen LogP contribution in [0, 0.1) is 5.92 Å². The number of hydrogen-bond donors (Lipinski definition) is 2. The van der Waals surface area contributed by atoms with Gasteiger partial charge in [-0.3, -0.25) is 14.3 Å². The maximum atomic E-state index is 11.9. The molecule has 0 radical (unpaired) electrons. The summed E-state index contributed by atoms with van der Waals surface area (Å²) in [5.41, 5.74) is 0.128. The summed E-state index contributed by atoms with van der Waals surface area (Å²) in [6.07, 6.45) is 8.88. The van der Waals surface area contributed by atoms with Gasteiger partial charge in [0.25, 0.3) is 5.56 Å². The smallest absolute Gasteiger partial charge is 0.328 e. The first-order chi connectivity index (χ1) is 9.69. The number of allylic oxidation sites excluding steroid dienone is 1. The molecule has 2 aromatic rings. The molecule has 1 aliphatic carbocycles. The summed E-state index contributed by atoms with van der Waals surface area (Å²) in [6.45, 7) is 0.0552. The number of aliphatic hydroxyl groups is 1. The molecule has 20 heavy (non-hydrogen) atoms. The molecule has 0 unspecified atom stereocenters. The van der Waals surface area contributed by atoms with Crippen molar-refractivity contribution in [1.82, 2.24) is 9.55 Å². The van der Waals surface area contributed by atoms with Crippen LogP contribution in [0.2, 0.25) is 0 Å². The molecule has 6 heteroatoms. The highest BCUT2D eigenvalue weighted by Gasteiger charge is 2.21. The minimum atomic E-state index is -0.449. The van der Waals surface area contributed by atoms with Crippen molar-refractivity contribution in [2.24, 2.45) is 5.92 Å². The van der Waals surface area contributed by atoms with Crippen LogP contribution in [0.1, 0.15) is 12.5 Å². The van der Waals surface area contributed by atoms with Gasteiger partial charge in [-0.2, -0.15) is 0 Å². The number of aliphatic hydroxyl groups excluding tert-OH is 1. The first kappa shape index (κ1) is 12.7. The zero-order valence-corrected chi connectivity index (χ0v) is 10.7. The Morgan fingerprint density at radius 2 is 2.25 bits per heavy atom. The maximum Gasteiger partial charge on any atom is 0.328 e. The third-order valence-corrected chi connectivity index (χ3v) is 3.54. The molecule has 0 bridgehead atoms. The van der Waals surface area contributed by atoms with Crippen LogP contribution in [0.25, 0.3) is 11.1 Å². The van der Waals surface area contributed by atoms with Crippen LogP contribution in [0.3, 0.4) is 0 Å². The fourth-order valence-corrected chi connectivity index (χ4v) is 2.45. The van der Waals surface area contributed by atoms with Gasteiger partial charge in [0.05, 0.1) is 24.1 Å². The topological polar surface area (TPSA) is 88.2 Å². The van der Waals surface area contributed by atoms with Crippen LogP contribution >= 0.6 is 0 Å². The van der Waals surface area contributed by atoms with Gasteiger partial charge in [0, 0.05) is 24.3 Å². The van der Waals surface area contributed by atoms with Crippen molar-refractivity contribution >= 4 is 0 Å². The molecular formula is C14H14N2O4. The molecule has 0 saturated heterocycles. The second kappa shape index (κ2) is 4.97. The molecule has 2 heterocycles. The van der Waals surface area contributed by atoms with E-state index in [-0.39, 0.29) is 18.6 Å². The van der Waals surface area contributed by atoms with E-state index in [0.717, 1.165) is 0 Å². The standard InChI is InChI=1S/C14H14N2O4/c17-7-9-1-2-11(5-9)16-6-12(10-3-4-20-8-10)13(18)15-14(16)19/h1-4,6,8-9,11,17H,5,7H2,(H,15,18,19)/t9-,11+/m1/s1. The molecule has 2 aromatic heterocycles. The second-order valence-corrected chi connectivity index (χ2v) is 4.85. The van der Waals surface area contributed by atoms with Crippen LogP contribution in [0.4, 0.5) is 0 Å². The Labute approximate surface area is 114 Å². The van der Waals surface area contributed by atoms with E-state index in [1.807, 2.05) is 12.2 Å². The van der Waals surface area contributed by atoms with Gasteiger partial charge in [0.2, 0.25) is 0 Å². The van der Waals surface area contributed by atoms with Crippen LogP contribution in [-0.2, 0) is 0 Å². The van der Waals surface area contributed by atoms with E-state index < -0.39 is 11.2 Å². The van der Waals surface area contributed by atoms with E-state index in [1.54, 1.807) is 12.3 Å². The Balaban J connectivity index is 2.05. The summed E-state index contributed by atoms with van der Waals surface area (Å²) in [5, 5.41) is 9.14. The van der Waals surface area contributed by atoms with Gasteiger partial charge in [-0.25, -0.2) is 4.79 Å². The number of aromatic nitrogens is 2. The number of aromatic amines is 1. The molecular weight excluding hydrogens is 260 g/mol. The Bertz CT molecular complexity index is 739. The van der Waals surface area contributed by atoms with Crippen molar-refractivity contribution < 1.29 is 9.52 Å². The van der Waals surface area contributed by atoms with Gasteiger partial charge < -0.3 is 9.52 Å². The van der Waals surface area contributed by atoms with E-state index >= 15 is 0 Å². The SMILES string of the molecule is O=c1[nH]c(=O)n([C@H]2C=C[C@@H](CO)C2)cc1-c1ccoc1. The van der Waals surface area contributed by atoms with Gasteiger partial charge in [-0.05, 0) is 12.5 Å². The predicted octanol–water partition coefficient (Wildman–Crippen LogP) is 0.906. The summed E-state index contributed by atoms with van der Waals surface area (Å²) in [6, 6.07) is 1.52. The first-order valence-corrected chi connectivity index (χ1v) is 6.36. The molecule has 2 atom stereocenters. The lowest BCUT2D eigenvalue weighted by Crippen LogP contribution is -2.32. The highest BCUT2D eigenvalue weighted by Crippen LogP contribution is 2.26. The van der Waals surface area contributed by atoms with Crippen molar-refractivity contribution in [3.63, 3.8) is 0 Å². The number of nitrogens with zero attached hydrogens (tertiary/aromatic N) is 1. The molecule has 1 aliphatic rings. The third kappa shape index (κ3) is 2.14. The second-order valence-electron chi connectivity index (χ2n) is 4.85. The van der Waals surface area contributed by atoms with E-state index in [9.17, 15) is 9.59 Å². The van der Waals surface area contributed by atoms with Crippen molar-refractivity contribution in [2.45, 2.75) is 12.5 Å². The van der Waals surface area contributed by atoms with Crippen LogP contribution in [-0.4, -0.2) is 21.3 Å². The number of hydrogen-bond acceptors (Lipinski definition) is 4. The third-order valence-electron chi connectivity index (χ3n) is 3.54. The molecule has 0 amide bonds. The molecule has 0 aliphatic heterocycles. The van der Waals surface area contributed by atoms with E-state index in [0.29, 0.717) is 17.5 Å². The average molecular weight is 274 g/mol. The molecule has 0 fully saturated rings. The lowest BCUT2D eigenvalue weighted by atomic mass is 10.1. The normalized spacial score (nSPS) is 21.4. The molecule has 2 N–H and O–H groups in total. The minimum Gasteiger partial charge on any atom is -0.472 e. The first-order valence-electron chi connectivity index (χ1n) is 6.36. The van der Waals surface area contributed by atoms with Gasteiger partial charge in [-0.15, -0.1) is 0 Å². The molecule has 0 aromatic carbocycles. The summed E-state index contributed by atoms with van der Waals surface area (Å²) < 4.78 is 6.45.